The number of hydrogen-bond acceptors (Lipinski definition) is 8. The van der Waals surface area contributed by atoms with Gasteiger partial charge in [-0.05, 0) is 76.1 Å². The number of ether oxygens (including phenoxy) is 1. The predicted octanol–water partition coefficient (Wildman–Crippen LogP) is 3.51. The van der Waals surface area contributed by atoms with E-state index in [4.69, 9.17) is 4.74 Å². The highest BCUT2D eigenvalue weighted by Crippen LogP contribution is 2.13. The highest BCUT2D eigenvalue weighted by molar-refractivity contribution is 6.12. The summed E-state index contributed by atoms with van der Waals surface area (Å²) in [5.74, 6) is -2.00. The molecule has 0 spiro atoms. The zero-order chi connectivity index (χ0) is 36.5. The van der Waals surface area contributed by atoms with Gasteiger partial charge in [-0.15, -0.1) is 0 Å². The summed E-state index contributed by atoms with van der Waals surface area (Å²) >= 11 is 0. The highest BCUT2D eigenvalue weighted by atomic mass is 16.6. The van der Waals surface area contributed by atoms with Crippen LogP contribution in [0.15, 0.2) is 66.7 Å². The van der Waals surface area contributed by atoms with Gasteiger partial charge in [-0.2, -0.15) is 0 Å². The van der Waals surface area contributed by atoms with E-state index in [0.717, 1.165) is 10.5 Å². The molecule has 0 bridgehead atoms. The fourth-order valence-electron chi connectivity index (χ4n) is 5.15. The predicted molar refractivity (Wildman–Crippen MR) is 187 cm³/mol. The normalized spacial score (nSPS) is 13.8. The molecular weight excluding hydrogens is 642 g/mol. The van der Waals surface area contributed by atoms with Crippen molar-refractivity contribution in [2.75, 3.05) is 18.4 Å². The van der Waals surface area contributed by atoms with Crippen LogP contribution in [-0.2, 0) is 41.7 Å². The summed E-state index contributed by atoms with van der Waals surface area (Å²) in [7, 11) is 0. The van der Waals surface area contributed by atoms with Crippen LogP contribution in [0.5, 0.6) is 0 Å². The average molecular weight is 692 g/mol. The lowest BCUT2D eigenvalue weighted by Crippen LogP contribution is -2.53. The van der Waals surface area contributed by atoms with Gasteiger partial charge < -0.3 is 31.1 Å². The number of rotatable bonds is 19. The Labute approximate surface area is 293 Å². The first kappa shape index (κ1) is 39.4. The minimum Gasteiger partial charge on any atom is -0.444 e. The van der Waals surface area contributed by atoms with Crippen molar-refractivity contribution in [2.24, 2.45) is 0 Å². The van der Waals surface area contributed by atoms with E-state index in [0.29, 0.717) is 49.9 Å². The summed E-state index contributed by atoms with van der Waals surface area (Å²) in [6, 6.07) is 14.0. The monoisotopic (exact) mass is 691 g/mol. The third kappa shape index (κ3) is 14.2. The minimum atomic E-state index is -0.969. The van der Waals surface area contributed by atoms with Gasteiger partial charge in [-0.3, -0.25) is 28.9 Å². The van der Waals surface area contributed by atoms with Crippen LogP contribution in [0.2, 0.25) is 0 Å². The zero-order valence-electron chi connectivity index (χ0n) is 29.0. The number of amides is 6. The molecule has 13 heteroatoms. The first-order valence-corrected chi connectivity index (χ1v) is 17.0. The topological polar surface area (TPSA) is 183 Å². The molecule has 0 fully saturated rings. The van der Waals surface area contributed by atoms with Crippen molar-refractivity contribution in [3.8, 4) is 0 Å². The van der Waals surface area contributed by atoms with E-state index in [1.165, 1.54) is 12.2 Å². The Kier molecular flexibility index (Phi) is 15.6. The Hall–Kier alpha value is -5.04. The van der Waals surface area contributed by atoms with Crippen LogP contribution in [-0.4, -0.2) is 76.4 Å². The first-order valence-electron chi connectivity index (χ1n) is 17.0. The third-order valence-corrected chi connectivity index (χ3v) is 7.75. The van der Waals surface area contributed by atoms with Crippen molar-refractivity contribution in [1.82, 2.24) is 20.9 Å². The first-order chi connectivity index (χ1) is 23.8. The van der Waals surface area contributed by atoms with E-state index in [2.05, 4.69) is 21.3 Å². The number of nitrogens with one attached hydrogen (secondary N) is 4. The van der Waals surface area contributed by atoms with Crippen LogP contribution in [0.3, 0.4) is 0 Å². The molecule has 6 amide bonds. The highest BCUT2D eigenvalue weighted by Gasteiger charge is 2.27. The van der Waals surface area contributed by atoms with Gasteiger partial charge in [0.2, 0.25) is 17.7 Å². The summed E-state index contributed by atoms with van der Waals surface area (Å²) < 4.78 is 5.26. The fourth-order valence-corrected chi connectivity index (χ4v) is 5.15. The molecule has 0 radical (unpaired) electrons. The van der Waals surface area contributed by atoms with Crippen molar-refractivity contribution in [3.63, 3.8) is 0 Å². The molecule has 1 heterocycles. The van der Waals surface area contributed by atoms with Crippen LogP contribution in [0.1, 0.15) is 76.8 Å². The number of alkyl carbamates (subject to hydrolysis) is 1. The van der Waals surface area contributed by atoms with Gasteiger partial charge in [-0.1, -0.05) is 48.9 Å². The summed E-state index contributed by atoms with van der Waals surface area (Å²) in [4.78, 5) is 76.9. The van der Waals surface area contributed by atoms with E-state index in [1.807, 2.05) is 30.3 Å². The number of hydrogen-bond donors (Lipinski definition) is 5. The lowest BCUT2D eigenvalue weighted by Gasteiger charge is -2.24. The van der Waals surface area contributed by atoms with Crippen LogP contribution < -0.4 is 21.3 Å². The van der Waals surface area contributed by atoms with Crippen molar-refractivity contribution in [2.45, 2.75) is 96.4 Å². The van der Waals surface area contributed by atoms with Gasteiger partial charge in [0.1, 0.15) is 17.7 Å². The van der Waals surface area contributed by atoms with Crippen LogP contribution in [0.25, 0.3) is 0 Å². The summed E-state index contributed by atoms with van der Waals surface area (Å²) in [5.41, 5.74) is 1.35. The fraction of sp³-hybridized carbons (Fsp3) is 0.459. The molecule has 2 aromatic carbocycles. The molecule has 1 aliphatic rings. The third-order valence-electron chi connectivity index (χ3n) is 7.75. The Morgan fingerprint density at radius 1 is 0.780 bits per heavy atom. The number of nitrogens with zero attached hydrogens (tertiary/aromatic N) is 1. The van der Waals surface area contributed by atoms with Gasteiger partial charge >= 0.3 is 6.09 Å². The molecule has 50 heavy (non-hydrogen) atoms. The van der Waals surface area contributed by atoms with Gasteiger partial charge in [0.25, 0.3) is 11.8 Å². The largest absolute Gasteiger partial charge is 0.444 e. The second-order valence-corrected chi connectivity index (χ2v) is 13.1. The Morgan fingerprint density at radius 2 is 1.46 bits per heavy atom. The van der Waals surface area contributed by atoms with Crippen molar-refractivity contribution in [3.05, 3.63) is 77.9 Å². The Morgan fingerprint density at radius 3 is 2.10 bits per heavy atom. The minimum absolute atomic E-state index is 0.136. The van der Waals surface area contributed by atoms with Crippen LogP contribution >= 0.6 is 0 Å². The van der Waals surface area contributed by atoms with Crippen molar-refractivity contribution < 1.29 is 38.6 Å². The zero-order valence-corrected chi connectivity index (χ0v) is 29.0. The lowest BCUT2D eigenvalue weighted by molar-refractivity contribution is -0.137. The Bertz CT molecular complexity index is 1470. The Balaban J connectivity index is 1.62. The van der Waals surface area contributed by atoms with Gasteiger partial charge in [0, 0.05) is 43.8 Å². The average Bonchev–Trinajstić information content (AvgIpc) is 3.39. The van der Waals surface area contributed by atoms with Gasteiger partial charge in [0.05, 0.1) is 6.61 Å². The molecule has 13 nitrogen and oxygen atoms in total. The number of benzene rings is 2. The van der Waals surface area contributed by atoms with Gasteiger partial charge in [0.15, 0.2) is 0 Å². The second-order valence-electron chi connectivity index (χ2n) is 13.1. The van der Waals surface area contributed by atoms with E-state index < -0.39 is 35.6 Å². The van der Waals surface area contributed by atoms with Crippen molar-refractivity contribution in [1.29, 1.82) is 0 Å². The van der Waals surface area contributed by atoms with E-state index in [-0.39, 0.29) is 50.1 Å². The molecule has 2 unspecified atom stereocenters. The molecule has 5 N–H and O–H groups in total. The summed E-state index contributed by atoms with van der Waals surface area (Å²) in [5, 5.41) is 20.5. The van der Waals surface area contributed by atoms with E-state index in [9.17, 15) is 33.9 Å². The number of unbranched alkanes of at least 4 members (excludes halogenated alkanes) is 3. The molecule has 0 aromatic heterocycles. The number of anilines is 1. The molecule has 1 aliphatic heterocycles. The molecule has 2 aromatic rings. The molecule has 3 rings (SSSR count). The number of carbonyl (C=O) groups is 6. The second kappa shape index (κ2) is 19.8. The summed E-state index contributed by atoms with van der Waals surface area (Å²) in [6.45, 7) is 5.76. The SMILES string of the molecule is CC(C)(C)OC(=O)NCCCCC(NC(=O)C(Cc1ccccc1)NC(=O)CCCCCN1C(=O)C=CC1=O)C(=O)Nc1ccc(CO)cc1. The lowest BCUT2D eigenvalue weighted by atomic mass is 10.0. The number of aliphatic hydroxyl groups is 1. The maximum atomic E-state index is 13.7. The smallest absolute Gasteiger partial charge is 0.407 e. The maximum absolute atomic E-state index is 13.7. The molecule has 2 atom stereocenters. The molecule has 0 saturated heterocycles. The molecular formula is C37H49N5O8. The van der Waals surface area contributed by atoms with Crippen molar-refractivity contribution >= 4 is 41.3 Å². The quantitative estimate of drug-likeness (QED) is 0.110. The number of carbonyl (C=O) groups excluding carboxylic acids is 6. The molecule has 0 aliphatic carbocycles. The molecule has 270 valence electrons. The van der Waals surface area contributed by atoms with Crippen LogP contribution in [0, 0.1) is 0 Å². The summed E-state index contributed by atoms with van der Waals surface area (Å²) in [6.07, 6.45) is 5.17. The maximum Gasteiger partial charge on any atom is 0.407 e. The van der Waals surface area contributed by atoms with Gasteiger partial charge in [-0.25, -0.2) is 4.79 Å². The van der Waals surface area contributed by atoms with E-state index >= 15 is 0 Å². The number of imide groups is 1. The molecule has 0 saturated carbocycles. The van der Waals surface area contributed by atoms with E-state index in [1.54, 1.807) is 45.0 Å². The standard InChI is InChI=1S/C37H49N5O8/c1-37(2,3)50-36(49)38-22-10-9-14-29(34(47)39-28-18-16-27(25-43)17-19-28)41-35(48)30(24-26-12-6-4-7-13-26)40-31(44)15-8-5-11-23-42-32(45)20-21-33(42)46/h4,6-7,12-13,16-21,29-30,43H,5,8-11,14-15,22-25H2,1-3H3,(H,38,49)(H,39,47)(H,40,44)(H,41,48). The number of aliphatic hydroxyl groups excluding tert-OH is 1. The van der Waals surface area contributed by atoms with Crippen LogP contribution in [0.4, 0.5) is 10.5 Å².